The molecule has 1 unspecified atom stereocenters. The molecule has 0 spiro atoms. The van der Waals surface area contributed by atoms with E-state index in [0.717, 1.165) is 6.42 Å². The summed E-state index contributed by atoms with van der Waals surface area (Å²) in [5, 5.41) is 0. The van der Waals surface area contributed by atoms with Crippen molar-refractivity contribution in [3.63, 3.8) is 0 Å². The topological polar surface area (TPSA) is 80.3 Å². The molecule has 1 heterocycles. The van der Waals surface area contributed by atoms with Gasteiger partial charge in [-0.2, -0.15) is 0 Å². The summed E-state index contributed by atoms with van der Waals surface area (Å²) in [5.74, 6) is 0.741. The lowest BCUT2D eigenvalue weighted by atomic mass is 10.1. The summed E-state index contributed by atoms with van der Waals surface area (Å²) in [6, 6.07) is 0. The summed E-state index contributed by atoms with van der Waals surface area (Å²) >= 11 is 0. The van der Waals surface area contributed by atoms with Crippen LogP contribution in [0.15, 0.2) is 0 Å². The highest BCUT2D eigenvalue weighted by atomic mass is 32.2. The Morgan fingerprint density at radius 1 is 1.35 bits per heavy atom. The largest absolute Gasteiger partial charge is 0.229 e. The summed E-state index contributed by atoms with van der Waals surface area (Å²) in [6.45, 7) is 2.30. The highest BCUT2D eigenvalue weighted by Gasteiger charge is 2.27. The zero-order valence-corrected chi connectivity index (χ0v) is 11.8. The molecule has 0 saturated carbocycles. The molecule has 1 rings (SSSR count). The molecular formula is C10H21NO4S2. The van der Waals surface area contributed by atoms with Crippen LogP contribution in [0.25, 0.3) is 0 Å². The van der Waals surface area contributed by atoms with E-state index in [0.29, 0.717) is 25.8 Å². The van der Waals surface area contributed by atoms with Gasteiger partial charge in [-0.25, -0.2) is 21.6 Å². The van der Waals surface area contributed by atoms with Gasteiger partial charge in [0.05, 0.1) is 17.3 Å². The Hall–Kier alpha value is -0.140. The zero-order valence-electron chi connectivity index (χ0n) is 10.2. The van der Waals surface area contributed by atoms with E-state index in [9.17, 15) is 16.8 Å². The Morgan fingerprint density at radius 2 is 2.06 bits per heavy atom. The Labute approximate surface area is 104 Å². The number of hydrogen-bond acceptors (Lipinski definition) is 4. The van der Waals surface area contributed by atoms with Gasteiger partial charge < -0.3 is 0 Å². The Morgan fingerprint density at radius 3 is 2.59 bits per heavy atom. The predicted octanol–water partition coefficient (Wildman–Crippen LogP) is 0.531. The SMILES string of the molecule is CCCCS(=O)(=O)NCCC1CCS(=O)(=O)C1. The van der Waals surface area contributed by atoms with Crippen LogP contribution in [0.5, 0.6) is 0 Å². The van der Waals surface area contributed by atoms with Gasteiger partial charge in [0.2, 0.25) is 10.0 Å². The molecule has 1 atom stereocenters. The fourth-order valence-corrected chi connectivity index (χ4v) is 5.08. The first-order valence-corrected chi connectivity index (χ1v) is 9.50. The molecular weight excluding hydrogens is 262 g/mol. The quantitative estimate of drug-likeness (QED) is 0.739. The van der Waals surface area contributed by atoms with Crippen molar-refractivity contribution in [2.24, 2.45) is 5.92 Å². The van der Waals surface area contributed by atoms with Crippen molar-refractivity contribution in [1.82, 2.24) is 4.72 Å². The summed E-state index contributed by atoms with van der Waals surface area (Å²) in [6.07, 6.45) is 2.79. The Bertz CT molecular complexity index is 427. The first-order chi connectivity index (χ1) is 7.85. The van der Waals surface area contributed by atoms with Crippen molar-refractivity contribution >= 4 is 19.9 Å². The minimum atomic E-state index is -3.16. The van der Waals surface area contributed by atoms with E-state index in [-0.39, 0.29) is 23.2 Å². The van der Waals surface area contributed by atoms with Crippen molar-refractivity contribution in [2.75, 3.05) is 23.8 Å². The van der Waals surface area contributed by atoms with Gasteiger partial charge in [-0.3, -0.25) is 0 Å². The van der Waals surface area contributed by atoms with E-state index >= 15 is 0 Å². The molecule has 1 N–H and O–H groups in total. The minimum Gasteiger partial charge on any atom is -0.229 e. The summed E-state index contributed by atoms with van der Waals surface area (Å²) in [5.41, 5.74) is 0. The van der Waals surface area contributed by atoms with Crippen LogP contribution in [0.2, 0.25) is 0 Å². The molecule has 1 fully saturated rings. The fraction of sp³-hybridized carbons (Fsp3) is 1.00. The van der Waals surface area contributed by atoms with Crippen LogP contribution in [0, 0.1) is 5.92 Å². The third kappa shape index (κ3) is 5.83. The van der Waals surface area contributed by atoms with Crippen LogP contribution in [0.3, 0.4) is 0 Å². The molecule has 0 aromatic carbocycles. The third-order valence-corrected chi connectivity index (χ3v) is 6.27. The smallest absolute Gasteiger partial charge is 0.211 e. The first-order valence-electron chi connectivity index (χ1n) is 6.02. The monoisotopic (exact) mass is 283 g/mol. The van der Waals surface area contributed by atoms with E-state index in [1.54, 1.807) is 0 Å². The Balaban J connectivity index is 2.24. The van der Waals surface area contributed by atoms with Gasteiger partial charge in [0.25, 0.3) is 0 Å². The standard InChI is InChI=1S/C10H21NO4S2/c1-2-3-7-17(14,15)11-6-4-10-5-8-16(12,13)9-10/h10-11H,2-9H2,1H3. The maximum atomic E-state index is 11.5. The van der Waals surface area contributed by atoms with E-state index in [1.165, 1.54) is 0 Å². The number of unbranched alkanes of at least 4 members (excludes halogenated alkanes) is 1. The van der Waals surface area contributed by atoms with E-state index < -0.39 is 19.9 Å². The number of rotatable bonds is 7. The molecule has 7 heteroatoms. The van der Waals surface area contributed by atoms with Crippen LogP contribution >= 0.6 is 0 Å². The van der Waals surface area contributed by atoms with Gasteiger partial charge in [-0.05, 0) is 25.2 Å². The molecule has 0 aliphatic carbocycles. The first kappa shape index (κ1) is 14.9. The number of hydrogen-bond donors (Lipinski definition) is 1. The van der Waals surface area contributed by atoms with Crippen LogP contribution in [-0.4, -0.2) is 40.6 Å². The Kier molecular flexibility index (Phi) is 5.40. The van der Waals surface area contributed by atoms with Crippen molar-refractivity contribution in [3.8, 4) is 0 Å². The van der Waals surface area contributed by atoms with Gasteiger partial charge in [-0.15, -0.1) is 0 Å². The average molecular weight is 283 g/mol. The van der Waals surface area contributed by atoms with E-state index in [2.05, 4.69) is 4.72 Å². The maximum Gasteiger partial charge on any atom is 0.211 e. The zero-order chi connectivity index (χ0) is 12.9. The van der Waals surface area contributed by atoms with Gasteiger partial charge in [0.15, 0.2) is 9.84 Å². The average Bonchev–Trinajstić information content (AvgIpc) is 2.55. The summed E-state index contributed by atoms with van der Waals surface area (Å²) in [7, 11) is -6.02. The molecule has 1 aliphatic rings. The van der Waals surface area contributed by atoms with E-state index in [4.69, 9.17) is 0 Å². The predicted molar refractivity (Wildman–Crippen MR) is 68.1 cm³/mol. The van der Waals surface area contributed by atoms with Crippen molar-refractivity contribution in [3.05, 3.63) is 0 Å². The molecule has 17 heavy (non-hydrogen) atoms. The van der Waals surface area contributed by atoms with Gasteiger partial charge >= 0.3 is 0 Å². The van der Waals surface area contributed by atoms with Crippen LogP contribution in [0.4, 0.5) is 0 Å². The van der Waals surface area contributed by atoms with Crippen LogP contribution < -0.4 is 4.72 Å². The fourth-order valence-electron chi connectivity index (χ4n) is 1.92. The van der Waals surface area contributed by atoms with Crippen molar-refractivity contribution < 1.29 is 16.8 Å². The lowest BCUT2D eigenvalue weighted by Crippen LogP contribution is -2.28. The summed E-state index contributed by atoms with van der Waals surface area (Å²) < 4.78 is 47.9. The normalized spacial score (nSPS) is 23.9. The highest BCUT2D eigenvalue weighted by molar-refractivity contribution is 7.91. The molecule has 0 amide bonds. The molecule has 1 saturated heterocycles. The third-order valence-electron chi connectivity index (χ3n) is 2.97. The lowest BCUT2D eigenvalue weighted by molar-refractivity contribution is 0.526. The van der Waals surface area contributed by atoms with E-state index in [1.807, 2.05) is 6.92 Å². The van der Waals surface area contributed by atoms with Crippen LogP contribution in [-0.2, 0) is 19.9 Å². The lowest BCUT2D eigenvalue weighted by Gasteiger charge is -2.09. The molecule has 1 aliphatic heterocycles. The molecule has 5 nitrogen and oxygen atoms in total. The van der Waals surface area contributed by atoms with Gasteiger partial charge in [0, 0.05) is 6.54 Å². The second kappa shape index (κ2) is 6.15. The molecule has 102 valence electrons. The molecule has 0 aromatic heterocycles. The molecule has 0 bridgehead atoms. The van der Waals surface area contributed by atoms with Gasteiger partial charge in [-0.1, -0.05) is 13.3 Å². The number of nitrogens with one attached hydrogen (secondary N) is 1. The van der Waals surface area contributed by atoms with Crippen molar-refractivity contribution in [2.45, 2.75) is 32.6 Å². The van der Waals surface area contributed by atoms with Gasteiger partial charge in [0.1, 0.15) is 0 Å². The molecule has 0 aromatic rings. The number of sulfonamides is 1. The van der Waals surface area contributed by atoms with Crippen molar-refractivity contribution in [1.29, 1.82) is 0 Å². The number of sulfone groups is 1. The molecule has 0 radical (unpaired) electrons. The second-order valence-corrected chi connectivity index (χ2v) is 8.78. The van der Waals surface area contributed by atoms with Crippen LogP contribution in [0.1, 0.15) is 32.6 Å². The summed E-state index contributed by atoms with van der Waals surface area (Å²) in [4.78, 5) is 0. The highest BCUT2D eigenvalue weighted by Crippen LogP contribution is 2.20. The second-order valence-electron chi connectivity index (χ2n) is 4.62. The maximum absolute atomic E-state index is 11.5. The minimum absolute atomic E-state index is 0.119.